The zero-order valence-corrected chi connectivity index (χ0v) is 16.4. The number of aromatic nitrogens is 1. The topological polar surface area (TPSA) is 12.9 Å². The molecule has 0 N–H and O–H groups in total. The van der Waals surface area contributed by atoms with Crippen LogP contribution in [0.1, 0.15) is 63.6 Å². The third-order valence-corrected chi connectivity index (χ3v) is 5.19. The van der Waals surface area contributed by atoms with Crippen LogP contribution in [0.3, 0.4) is 0 Å². The molecular weight excluding hydrogens is 302 g/mol. The Hall–Kier alpha value is -2.15. The fourth-order valence-corrected chi connectivity index (χ4v) is 3.32. The average Bonchev–Trinajstić information content (AvgIpc) is 2.58. The number of aryl methyl sites for hydroxylation is 1. The maximum Gasteiger partial charge on any atom is 0.0780 e. The van der Waals surface area contributed by atoms with E-state index < -0.39 is 0 Å². The van der Waals surface area contributed by atoms with Gasteiger partial charge in [0.1, 0.15) is 0 Å². The fraction of sp³-hybridized carbons (Fsp3) is 0.375. The maximum atomic E-state index is 4.74. The maximum absolute atomic E-state index is 4.74. The van der Waals surface area contributed by atoms with E-state index in [2.05, 4.69) is 84.0 Å². The number of hydrogen-bond donors (Lipinski definition) is 0. The normalized spacial score (nSPS) is 13.2. The lowest BCUT2D eigenvalue weighted by Crippen LogP contribution is -2.11. The third kappa shape index (κ3) is 3.61. The molecule has 25 heavy (non-hydrogen) atoms. The summed E-state index contributed by atoms with van der Waals surface area (Å²) in [4.78, 5) is 4.74. The van der Waals surface area contributed by atoms with E-state index in [9.17, 15) is 0 Å². The summed E-state index contributed by atoms with van der Waals surface area (Å²) in [6, 6.07) is 15.8. The highest BCUT2D eigenvalue weighted by molar-refractivity contribution is 5.95. The molecule has 1 aromatic heterocycles. The number of hydrogen-bond acceptors (Lipinski definition) is 1. The van der Waals surface area contributed by atoms with Gasteiger partial charge in [-0.05, 0) is 59.4 Å². The minimum Gasteiger partial charge on any atom is -0.256 e. The third-order valence-electron chi connectivity index (χ3n) is 5.19. The molecule has 1 heterocycles. The number of rotatable bonds is 3. The van der Waals surface area contributed by atoms with Crippen LogP contribution in [0.25, 0.3) is 22.0 Å². The van der Waals surface area contributed by atoms with Crippen LogP contribution in [0.4, 0.5) is 0 Å². The van der Waals surface area contributed by atoms with E-state index in [0.717, 1.165) is 12.1 Å². The van der Waals surface area contributed by atoms with Gasteiger partial charge in [-0.1, -0.05) is 64.4 Å². The SMILES string of the molecule is CCC(C)c1ccc2c(-c3cc(C)cc(C(C)(C)C)c3)nccc2c1. The Kier molecular flexibility index (Phi) is 4.69. The molecule has 130 valence electrons. The van der Waals surface area contributed by atoms with Gasteiger partial charge >= 0.3 is 0 Å². The van der Waals surface area contributed by atoms with Gasteiger partial charge < -0.3 is 0 Å². The van der Waals surface area contributed by atoms with E-state index >= 15 is 0 Å². The fourth-order valence-electron chi connectivity index (χ4n) is 3.32. The Bertz CT molecular complexity index is 900. The van der Waals surface area contributed by atoms with Gasteiger partial charge in [0.2, 0.25) is 0 Å². The molecule has 1 atom stereocenters. The van der Waals surface area contributed by atoms with E-state index in [4.69, 9.17) is 4.98 Å². The zero-order chi connectivity index (χ0) is 18.2. The first-order chi connectivity index (χ1) is 11.8. The van der Waals surface area contributed by atoms with Crippen molar-refractivity contribution < 1.29 is 0 Å². The van der Waals surface area contributed by atoms with Gasteiger partial charge in [-0.3, -0.25) is 4.98 Å². The summed E-state index contributed by atoms with van der Waals surface area (Å²) >= 11 is 0. The van der Waals surface area contributed by atoms with Gasteiger partial charge in [0.05, 0.1) is 5.69 Å². The van der Waals surface area contributed by atoms with Crippen LogP contribution in [0.2, 0.25) is 0 Å². The molecule has 1 heteroatoms. The Morgan fingerprint density at radius 3 is 2.44 bits per heavy atom. The Balaban J connectivity index is 2.18. The average molecular weight is 332 g/mol. The van der Waals surface area contributed by atoms with E-state index in [1.54, 1.807) is 0 Å². The first kappa shape index (κ1) is 17.7. The minimum absolute atomic E-state index is 0.134. The summed E-state index contributed by atoms with van der Waals surface area (Å²) in [5.41, 5.74) is 6.49. The molecule has 3 rings (SSSR count). The quantitative estimate of drug-likeness (QED) is 0.502. The summed E-state index contributed by atoms with van der Waals surface area (Å²) < 4.78 is 0. The van der Waals surface area contributed by atoms with Crippen molar-refractivity contribution in [3.05, 3.63) is 65.4 Å². The van der Waals surface area contributed by atoms with Crippen LogP contribution in [0.15, 0.2) is 48.7 Å². The van der Waals surface area contributed by atoms with Crippen molar-refractivity contribution >= 4 is 10.8 Å². The van der Waals surface area contributed by atoms with Crippen LogP contribution in [-0.2, 0) is 5.41 Å². The van der Waals surface area contributed by atoms with Gasteiger partial charge in [-0.2, -0.15) is 0 Å². The van der Waals surface area contributed by atoms with Crippen LogP contribution in [0.5, 0.6) is 0 Å². The highest BCUT2D eigenvalue weighted by Gasteiger charge is 2.16. The van der Waals surface area contributed by atoms with Gasteiger partial charge in [-0.25, -0.2) is 0 Å². The monoisotopic (exact) mass is 331 g/mol. The summed E-state index contributed by atoms with van der Waals surface area (Å²) in [7, 11) is 0. The summed E-state index contributed by atoms with van der Waals surface area (Å²) in [6.45, 7) is 13.5. The van der Waals surface area contributed by atoms with Crippen LogP contribution >= 0.6 is 0 Å². The van der Waals surface area contributed by atoms with Gasteiger partial charge in [0, 0.05) is 17.1 Å². The molecule has 1 nitrogen and oxygen atoms in total. The zero-order valence-electron chi connectivity index (χ0n) is 16.4. The summed E-state index contributed by atoms with van der Waals surface area (Å²) in [5, 5.41) is 2.52. The number of nitrogens with zero attached hydrogens (tertiary/aromatic N) is 1. The molecule has 0 aliphatic heterocycles. The molecule has 0 saturated heterocycles. The molecule has 0 spiro atoms. The van der Waals surface area contributed by atoms with E-state index in [1.807, 2.05) is 6.20 Å². The Morgan fingerprint density at radius 2 is 1.76 bits per heavy atom. The van der Waals surface area contributed by atoms with Crippen molar-refractivity contribution in [1.82, 2.24) is 4.98 Å². The van der Waals surface area contributed by atoms with Crippen LogP contribution in [0, 0.1) is 6.92 Å². The molecular formula is C24H29N. The Morgan fingerprint density at radius 1 is 1.00 bits per heavy atom. The van der Waals surface area contributed by atoms with Crippen LogP contribution in [-0.4, -0.2) is 4.98 Å². The molecule has 0 amide bonds. The molecule has 0 aliphatic carbocycles. The first-order valence-corrected chi connectivity index (χ1v) is 9.31. The summed E-state index contributed by atoms with van der Waals surface area (Å²) in [5.74, 6) is 0.590. The molecule has 0 saturated carbocycles. The standard InChI is InChI=1S/C24H29N/c1-7-17(3)18-8-9-22-19(14-18)10-11-25-23(22)20-12-16(2)13-21(15-20)24(4,5)6/h8-15,17H,7H2,1-6H3. The molecule has 3 aromatic rings. The van der Waals surface area contributed by atoms with Crippen molar-refractivity contribution in [2.45, 2.75) is 59.3 Å². The van der Waals surface area contributed by atoms with Crippen molar-refractivity contribution in [3.63, 3.8) is 0 Å². The largest absolute Gasteiger partial charge is 0.256 e. The Labute approximate surface area is 152 Å². The lowest BCUT2D eigenvalue weighted by atomic mass is 9.84. The van der Waals surface area contributed by atoms with E-state index in [-0.39, 0.29) is 5.41 Å². The highest BCUT2D eigenvalue weighted by Crippen LogP contribution is 2.33. The molecule has 1 unspecified atom stereocenters. The van der Waals surface area contributed by atoms with E-state index in [1.165, 1.54) is 33.0 Å². The molecule has 0 bridgehead atoms. The van der Waals surface area contributed by atoms with Gasteiger partial charge in [0.15, 0.2) is 0 Å². The highest BCUT2D eigenvalue weighted by atomic mass is 14.7. The minimum atomic E-state index is 0.134. The second kappa shape index (κ2) is 6.63. The number of pyridine rings is 1. The first-order valence-electron chi connectivity index (χ1n) is 9.31. The predicted molar refractivity (Wildman–Crippen MR) is 109 cm³/mol. The van der Waals surface area contributed by atoms with E-state index in [0.29, 0.717) is 5.92 Å². The van der Waals surface area contributed by atoms with Crippen molar-refractivity contribution in [1.29, 1.82) is 0 Å². The second-order valence-corrected chi connectivity index (χ2v) is 8.29. The smallest absolute Gasteiger partial charge is 0.0780 e. The van der Waals surface area contributed by atoms with Crippen molar-refractivity contribution in [3.8, 4) is 11.3 Å². The molecule has 0 aliphatic rings. The summed E-state index contributed by atoms with van der Waals surface area (Å²) in [6.07, 6.45) is 3.10. The lowest BCUT2D eigenvalue weighted by molar-refractivity contribution is 0.590. The molecule has 0 radical (unpaired) electrons. The lowest BCUT2D eigenvalue weighted by Gasteiger charge is -2.21. The number of benzene rings is 2. The van der Waals surface area contributed by atoms with Crippen molar-refractivity contribution in [2.24, 2.45) is 0 Å². The second-order valence-electron chi connectivity index (χ2n) is 8.29. The van der Waals surface area contributed by atoms with Gasteiger partial charge in [-0.15, -0.1) is 0 Å². The molecule has 2 aromatic carbocycles. The van der Waals surface area contributed by atoms with Crippen molar-refractivity contribution in [2.75, 3.05) is 0 Å². The molecule has 0 fully saturated rings. The van der Waals surface area contributed by atoms with Crippen LogP contribution < -0.4 is 0 Å². The predicted octanol–water partition coefficient (Wildman–Crippen LogP) is 7.02. The number of fused-ring (bicyclic) bond motifs is 1. The van der Waals surface area contributed by atoms with Gasteiger partial charge in [0.25, 0.3) is 0 Å².